The second-order valence-electron chi connectivity index (χ2n) is 17.1. The first kappa shape index (κ1) is 54.8. The van der Waals surface area contributed by atoms with Gasteiger partial charge in [-0.3, -0.25) is 18.6 Å². The minimum absolute atomic E-state index is 0.0306. The van der Waals surface area contributed by atoms with Gasteiger partial charge in [-0.15, -0.1) is 0 Å². The summed E-state index contributed by atoms with van der Waals surface area (Å²) in [5, 5.41) is 0. The molecular formula is C46H91NO8P+. The number of hydrogen-bond donors (Lipinski definition) is 1. The molecule has 2 atom stereocenters. The molecule has 0 saturated heterocycles. The van der Waals surface area contributed by atoms with E-state index in [1.165, 1.54) is 154 Å². The molecular weight excluding hydrogens is 725 g/mol. The molecule has 0 aliphatic carbocycles. The predicted octanol–water partition coefficient (Wildman–Crippen LogP) is 13.4. The largest absolute Gasteiger partial charge is 0.472 e. The number of allylic oxidation sites excluding steroid dienone is 2. The zero-order chi connectivity index (χ0) is 41.4. The Morgan fingerprint density at radius 3 is 1.38 bits per heavy atom. The van der Waals surface area contributed by atoms with Crippen LogP contribution < -0.4 is 0 Å². The van der Waals surface area contributed by atoms with Gasteiger partial charge >= 0.3 is 19.8 Å². The molecule has 0 rings (SSSR count). The maximum atomic E-state index is 12.7. The first-order valence-electron chi connectivity index (χ1n) is 23.4. The number of quaternary nitrogens is 1. The van der Waals surface area contributed by atoms with Gasteiger partial charge in [-0.05, 0) is 32.1 Å². The third-order valence-corrected chi connectivity index (χ3v) is 11.3. The van der Waals surface area contributed by atoms with Crippen LogP contribution >= 0.6 is 7.82 Å². The molecule has 1 unspecified atom stereocenters. The molecule has 0 fully saturated rings. The summed E-state index contributed by atoms with van der Waals surface area (Å²) >= 11 is 0. The van der Waals surface area contributed by atoms with Gasteiger partial charge in [0, 0.05) is 12.8 Å². The van der Waals surface area contributed by atoms with Crippen molar-refractivity contribution in [2.45, 2.75) is 225 Å². The van der Waals surface area contributed by atoms with Crippen LogP contribution in [0, 0.1) is 0 Å². The molecule has 0 amide bonds. The fourth-order valence-electron chi connectivity index (χ4n) is 6.61. The number of phosphoric acid groups is 1. The van der Waals surface area contributed by atoms with E-state index >= 15 is 0 Å². The molecule has 332 valence electrons. The molecule has 1 N–H and O–H groups in total. The first-order chi connectivity index (χ1) is 27.0. The molecule has 0 aromatic rings. The monoisotopic (exact) mass is 817 g/mol. The lowest BCUT2D eigenvalue weighted by atomic mass is 10.0. The number of esters is 2. The van der Waals surface area contributed by atoms with Crippen LogP contribution in [0.4, 0.5) is 0 Å². The van der Waals surface area contributed by atoms with Crippen LogP contribution in [0.1, 0.15) is 219 Å². The Balaban J connectivity index is 4.33. The van der Waals surface area contributed by atoms with Gasteiger partial charge in [0.1, 0.15) is 19.8 Å². The highest BCUT2D eigenvalue weighted by molar-refractivity contribution is 7.47. The number of unbranched alkanes of at least 4 members (excludes halogenated alkanes) is 27. The van der Waals surface area contributed by atoms with Crippen molar-refractivity contribution in [2.24, 2.45) is 0 Å². The van der Waals surface area contributed by atoms with Crippen LogP contribution in [0.5, 0.6) is 0 Å². The van der Waals surface area contributed by atoms with Crippen LogP contribution in [0.2, 0.25) is 0 Å². The minimum atomic E-state index is -4.38. The van der Waals surface area contributed by atoms with Gasteiger partial charge in [-0.2, -0.15) is 0 Å². The van der Waals surface area contributed by atoms with Crippen LogP contribution in [-0.4, -0.2) is 74.9 Å². The SMILES string of the molecule is CCCCCCCCCCCCCC/C=C\CCCC(=O)O[C@H](COC(=O)CCCCCCCCCCCCCCCCC)COP(=O)(O)OCC[N+](C)(C)C. The lowest BCUT2D eigenvalue weighted by molar-refractivity contribution is -0.870. The van der Waals surface area contributed by atoms with Crippen molar-refractivity contribution in [2.75, 3.05) is 47.5 Å². The Hall–Kier alpha value is -1.25. The highest BCUT2D eigenvalue weighted by Crippen LogP contribution is 2.43. The maximum absolute atomic E-state index is 12.7. The highest BCUT2D eigenvalue weighted by Gasteiger charge is 2.27. The zero-order valence-corrected chi connectivity index (χ0v) is 38.3. The van der Waals surface area contributed by atoms with E-state index < -0.39 is 26.5 Å². The number of carbonyl (C=O) groups is 2. The number of rotatable bonds is 43. The number of ether oxygens (including phenoxy) is 2. The molecule has 56 heavy (non-hydrogen) atoms. The average Bonchev–Trinajstić information content (AvgIpc) is 3.15. The van der Waals surface area contributed by atoms with E-state index in [4.69, 9.17) is 18.5 Å². The number of phosphoric ester groups is 1. The normalized spacial score (nSPS) is 13.6. The number of nitrogens with zero attached hydrogens (tertiary/aromatic N) is 1. The maximum Gasteiger partial charge on any atom is 0.472 e. The van der Waals surface area contributed by atoms with Crippen LogP contribution in [0.15, 0.2) is 12.2 Å². The van der Waals surface area contributed by atoms with E-state index in [1.807, 2.05) is 21.1 Å². The summed E-state index contributed by atoms with van der Waals surface area (Å²) in [5.74, 6) is -0.824. The van der Waals surface area contributed by atoms with Gasteiger partial charge in [0.15, 0.2) is 6.10 Å². The van der Waals surface area contributed by atoms with E-state index in [0.717, 1.165) is 32.1 Å². The Bertz CT molecular complexity index is 969. The third kappa shape index (κ3) is 42.4. The smallest absolute Gasteiger partial charge is 0.462 e. The topological polar surface area (TPSA) is 108 Å². The molecule has 0 aromatic carbocycles. The van der Waals surface area contributed by atoms with Crippen molar-refractivity contribution in [3.63, 3.8) is 0 Å². The van der Waals surface area contributed by atoms with Crippen LogP contribution in [-0.2, 0) is 32.7 Å². The Morgan fingerprint density at radius 2 is 0.929 bits per heavy atom. The molecule has 0 radical (unpaired) electrons. The van der Waals surface area contributed by atoms with E-state index in [0.29, 0.717) is 17.4 Å². The van der Waals surface area contributed by atoms with Crippen molar-refractivity contribution >= 4 is 19.8 Å². The molecule has 0 spiro atoms. The summed E-state index contributed by atoms with van der Waals surface area (Å²) < 4.78 is 34.3. The fraction of sp³-hybridized carbons (Fsp3) is 0.913. The lowest BCUT2D eigenvalue weighted by Crippen LogP contribution is -2.37. The molecule has 0 aliphatic heterocycles. The van der Waals surface area contributed by atoms with E-state index in [2.05, 4.69) is 26.0 Å². The second-order valence-corrected chi connectivity index (χ2v) is 18.6. The molecule has 10 heteroatoms. The molecule has 9 nitrogen and oxygen atoms in total. The van der Waals surface area contributed by atoms with Gasteiger partial charge in [-0.25, -0.2) is 4.57 Å². The van der Waals surface area contributed by atoms with Gasteiger partial charge in [0.2, 0.25) is 0 Å². The van der Waals surface area contributed by atoms with Gasteiger partial charge < -0.3 is 18.9 Å². The zero-order valence-electron chi connectivity index (χ0n) is 37.4. The number of carbonyl (C=O) groups excluding carboxylic acids is 2. The van der Waals surface area contributed by atoms with Crippen molar-refractivity contribution < 1.29 is 42.1 Å². The summed E-state index contributed by atoms with van der Waals surface area (Å²) in [6, 6.07) is 0. The van der Waals surface area contributed by atoms with E-state index in [9.17, 15) is 19.0 Å². The summed E-state index contributed by atoms with van der Waals surface area (Å²) in [6.07, 6.45) is 41.2. The Kier molecular flexibility index (Phi) is 38.3. The van der Waals surface area contributed by atoms with Crippen molar-refractivity contribution in [3.8, 4) is 0 Å². The number of likely N-dealkylation sites (N-methyl/N-ethyl adjacent to an activating group) is 1. The van der Waals surface area contributed by atoms with Crippen molar-refractivity contribution in [1.29, 1.82) is 0 Å². The Morgan fingerprint density at radius 1 is 0.536 bits per heavy atom. The second kappa shape index (κ2) is 39.2. The predicted molar refractivity (Wildman–Crippen MR) is 234 cm³/mol. The average molecular weight is 817 g/mol. The summed E-state index contributed by atoms with van der Waals surface area (Å²) in [6.45, 7) is 4.43. The lowest BCUT2D eigenvalue weighted by Gasteiger charge is -2.24. The fourth-order valence-corrected chi connectivity index (χ4v) is 7.35. The molecule has 0 saturated carbocycles. The van der Waals surface area contributed by atoms with Crippen LogP contribution in [0.25, 0.3) is 0 Å². The molecule has 0 heterocycles. The van der Waals surface area contributed by atoms with Gasteiger partial charge in [-0.1, -0.05) is 187 Å². The van der Waals surface area contributed by atoms with Crippen LogP contribution in [0.3, 0.4) is 0 Å². The first-order valence-corrected chi connectivity index (χ1v) is 24.9. The summed E-state index contributed by atoms with van der Waals surface area (Å²) in [4.78, 5) is 35.4. The molecule has 0 aliphatic rings. The molecule has 0 aromatic heterocycles. The van der Waals surface area contributed by atoms with E-state index in [-0.39, 0.29) is 32.0 Å². The highest BCUT2D eigenvalue weighted by atomic mass is 31.2. The van der Waals surface area contributed by atoms with E-state index in [1.54, 1.807) is 0 Å². The van der Waals surface area contributed by atoms with Gasteiger partial charge in [0.05, 0.1) is 27.7 Å². The minimum Gasteiger partial charge on any atom is -0.462 e. The summed E-state index contributed by atoms with van der Waals surface area (Å²) in [5.41, 5.74) is 0. The van der Waals surface area contributed by atoms with Crippen molar-refractivity contribution in [1.82, 2.24) is 0 Å². The number of hydrogen-bond acceptors (Lipinski definition) is 7. The van der Waals surface area contributed by atoms with Gasteiger partial charge in [0.25, 0.3) is 0 Å². The molecule has 0 bridgehead atoms. The Labute approximate surface area is 346 Å². The standard InChI is InChI=1S/C46H90NO8P/c1-6-8-10-12-14-16-18-20-22-23-25-27-29-31-33-35-37-39-46(49)55-44(43-54-56(50,51)53-41-40-47(3,4)5)42-52-45(48)38-36-34-32-30-28-26-24-21-19-17-15-13-11-9-7-2/h31,33,44H,6-30,32,34-43H2,1-5H3/p+1/b33-31-/t44-/m1/s1. The van der Waals surface area contributed by atoms with Crippen molar-refractivity contribution in [3.05, 3.63) is 12.2 Å². The summed E-state index contributed by atoms with van der Waals surface area (Å²) in [7, 11) is 1.47. The quantitative estimate of drug-likeness (QED) is 0.0213. The third-order valence-electron chi connectivity index (χ3n) is 10.3.